The molecule has 0 aliphatic heterocycles. The Morgan fingerprint density at radius 2 is 1.91 bits per heavy atom. The average molecular weight is 212 g/mol. The molecule has 0 aromatic heterocycles. The molecule has 3 nitrogen and oxygen atoms in total. The van der Waals surface area contributed by atoms with Crippen LogP contribution in [0.1, 0.15) is 0 Å². The van der Waals surface area contributed by atoms with Crippen LogP contribution < -0.4 is 0 Å². The van der Waals surface area contributed by atoms with Crippen molar-refractivity contribution in [2.45, 2.75) is 0 Å². The summed E-state index contributed by atoms with van der Waals surface area (Å²) in [4.78, 5) is 11.5. The molecule has 0 aliphatic carbocycles. The number of nitro groups is 1. The Morgan fingerprint density at radius 3 is 2.45 bits per heavy atom. The Bertz CT molecular complexity index is 316. The largest absolute Gasteiger partial charge is 0.264 e. The summed E-state index contributed by atoms with van der Waals surface area (Å²) < 4.78 is 0. The molecule has 0 aliphatic rings. The molecule has 0 saturated heterocycles. The van der Waals surface area contributed by atoms with Crippen LogP contribution in [0, 0.1) is 44.5 Å². The summed E-state index contributed by atoms with van der Waals surface area (Å²) in [6, 6.07) is 0. The van der Waals surface area contributed by atoms with Crippen LogP contribution in [0.5, 0.6) is 0 Å². The van der Waals surface area contributed by atoms with Crippen LogP contribution in [-0.2, 0) is 0 Å². The molecule has 0 unspecified atom stereocenters. The van der Waals surface area contributed by atoms with Gasteiger partial charge in [0.05, 0.1) is 0 Å². The highest BCUT2D eigenvalue weighted by atomic mass is 79.9. The molecule has 4 heteroatoms. The van der Waals surface area contributed by atoms with E-state index in [1.807, 2.05) is 0 Å². The minimum absolute atomic E-state index is 0.379. The van der Waals surface area contributed by atoms with Gasteiger partial charge in [-0.25, -0.2) is 0 Å². The minimum Gasteiger partial charge on any atom is -0.264 e. The van der Waals surface area contributed by atoms with E-state index in [2.05, 4.69) is 50.4 Å². The summed E-state index contributed by atoms with van der Waals surface area (Å²) in [5.41, 5.74) is 0. The smallest absolute Gasteiger partial charge is 0.264 e. The molecule has 0 atom stereocenters. The van der Waals surface area contributed by atoms with E-state index in [1.54, 1.807) is 0 Å². The molecule has 0 heterocycles. The quantitative estimate of drug-likeness (QED) is 0.363. The Kier molecular flexibility index (Phi) is 5.80. The van der Waals surface area contributed by atoms with Gasteiger partial charge in [0.25, 0.3) is 6.54 Å². The van der Waals surface area contributed by atoms with Gasteiger partial charge in [-0.3, -0.25) is 10.1 Å². The van der Waals surface area contributed by atoms with E-state index in [9.17, 15) is 10.1 Å². The van der Waals surface area contributed by atoms with Gasteiger partial charge < -0.3 is 0 Å². The zero-order valence-corrected chi connectivity index (χ0v) is 6.93. The minimum atomic E-state index is -0.523. The lowest BCUT2D eigenvalue weighted by Crippen LogP contribution is -1.95. The van der Waals surface area contributed by atoms with E-state index in [4.69, 9.17) is 0 Å². The van der Waals surface area contributed by atoms with Crippen LogP contribution in [0.25, 0.3) is 0 Å². The second-order valence-corrected chi connectivity index (χ2v) is 1.66. The summed E-state index contributed by atoms with van der Waals surface area (Å²) in [5.74, 6) is 11.6. The van der Waals surface area contributed by atoms with Crippen LogP contribution >= 0.6 is 15.9 Å². The van der Waals surface area contributed by atoms with Crippen molar-refractivity contribution in [1.29, 1.82) is 0 Å². The maximum Gasteiger partial charge on any atom is 0.264 e. The van der Waals surface area contributed by atoms with E-state index in [1.165, 1.54) is 0 Å². The standard InChI is InChI=1S/C7H2BrNO2/c8-6-4-2-1-3-5-7-9(10)11/h7H2. The highest BCUT2D eigenvalue weighted by Gasteiger charge is 1.83. The van der Waals surface area contributed by atoms with Crippen molar-refractivity contribution in [3.05, 3.63) is 10.1 Å². The van der Waals surface area contributed by atoms with Gasteiger partial charge in [-0.15, -0.1) is 0 Å². The third-order valence-electron chi connectivity index (χ3n) is 0.531. The number of rotatable bonds is 1. The van der Waals surface area contributed by atoms with Crippen molar-refractivity contribution >= 4 is 15.9 Å². The zero-order valence-electron chi connectivity index (χ0n) is 5.35. The van der Waals surface area contributed by atoms with Gasteiger partial charge in [0.15, 0.2) is 0 Å². The van der Waals surface area contributed by atoms with Crippen LogP contribution in [0.4, 0.5) is 0 Å². The van der Waals surface area contributed by atoms with E-state index in [-0.39, 0.29) is 6.54 Å². The highest BCUT2D eigenvalue weighted by Crippen LogP contribution is 1.66. The predicted molar refractivity (Wildman–Crippen MR) is 44.1 cm³/mol. The summed E-state index contributed by atoms with van der Waals surface area (Å²) in [6.45, 7) is -0.379. The third-order valence-corrected chi connectivity index (χ3v) is 0.730. The van der Waals surface area contributed by atoms with Gasteiger partial charge in [0.1, 0.15) is 0 Å². The topological polar surface area (TPSA) is 43.1 Å². The third kappa shape index (κ3) is 8.56. The van der Waals surface area contributed by atoms with Crippen LogP contribution in [0.3, 0.4) is 0 Å². The molecule has 0 rings (SSSR count). The number of nitrogens with zero attached hydrogens (tertiary/aromatic N) is 1. The first-order valence-electron chi connectivity index (χ1n) is 2.47. The van der Waals surface area contributed by atoms with Gasteiger partial charge in [0, 0.05) is 20.9 Å². The van der Waals surface area contributed by atoms with E-state index >= 15 is 0 Å². The molecular formula is C7H2BrNO2. The molecule has 0 aromatic rings. The second kappa shape index (κ2) is 6.68. The molecule has 0 radical (unpaired) electrons. The Morgan fingerprint density at radius 1 is 1.27 bits per heavy atom. The maximum atomic E-state index is 9.71. The first kappa shape index (κ1) is 9.56. The Labute approximate surface area is 72.4 Å². The van der Waals surface area contributed by atoms with Crippen molar-refractivity contribution in [2.24, 2.45) is 0 Å². The van der Waals surface area contributed by atoms with E-state index in [0.29, 0.717) is 0 Å². The number of hydrogen-bond donors (Lipinski definition) is 0. The van der Waals surface area contributed by atoms with Crippen LogP contribution in [0.15, 0.2) is 0 Å². The van der Waals surface area contributed by atoms with Crippen molar-refractivity contribution in [2.75, 3.05) is 6.54 Å². The highest BCUT2D eigenvalue weighted by molar-refractivity contribution is 9.12. The molecule has 0 saturated carbocycles. The maximum absolute atomic E-state index is 9.71. The molecule has 0 amide bonds. The monoisotopic (exact) mass is 211 g/mol. The first-order valence-corrected chi connectivity index (χ1v) is 3.27. The predicted octanol–water partition coefficient (Wildman–Crippen LogP) is 0.626. The number of hydrogen-bond acceptors (Lipinski definition) is 2. The normalized spacial score (nSPS) is 5.55. The Hall–Kier alpha value is -1.44. The molecule has 0 aromatic carbocycles. The molecule has 11 heavy (non-hydrogen) atoms. The SMILES string of the molecule is O=[N+]([O-])CC#CC#CC#CBr. The fraction of sp³-hybridized carbons (Fsp3) is 0.143. The van der Waals surface area contributed by atoms with Crippen LogP contribution in [0.2, 0.25) is 0 Å². The average Bonchev–Trinajstić information content (AvgIpc) is 1.96. The van der Waals surface area contributed by atoms with Gasteiger partial charge in [0.2, 0.25) is 0 Å². The second-order valence-electron chi connectivity index (χ2n) is 1.26. The fourth-order valence-corrected chi connectivity index (χ4v) is 0.334. The molecule has 0 bridgehead atoms. The lowest BCUT2D eigenvalue weighted by Gasteiger charge is -1.75. The summed E-state index contributed by atoms with van der Waals surface area (Å²) in [7, 11) is 0. The number of halogens is 1. The molecule has 0 fully saturated rings. The van der Waals surface area contributed by atoms with Crippen molar-refractivity contribution in [1.82, 2.24) is 0 Å². The Balaban J connectivity index is 3.81. The van der Waals surface area contributed by atoms with Crippen molar-refractivity contribution in [3.8, 4) is 34.4 Å². The molecule has 0 spiro atoms. The fourth-order valence-electron chi connectivity index (χ4n) is 0.234. The van der Waals surface area contributed by atoms with Gasteiger partial charge >= 0.3 is 0 Å². The summed E-state index contributed by atoms with van der Waals surface area (Å²) in [6.07, 6.45) is 0. The van der Waals surface area contributed by atoms with E-state index in [0.717, 1.165) is 0 Å². The van der Waals surface area contributed by atoms with Crippen molar-refractivity contribution < 1.29 is 4.92 Å². The van der Waals surface area contributed by atoms with Gasteiger partial charge in [-0.05, 0) is 34.4 Å². The molecule has 54 valence electrons. The van der Waals surface area contributed by atoms with Gasteiger partial charge in [-0.2, -0.15) is 0 Å². The molecular weight excluding hydrogens is 210 g/mol. The zero-order chi connectivity index (χ0) is 8.53. The van der Waals surface area contributed by atoms with Crippen molar-refractivity contribution in [3.63, 3.8) is 0 Å². The summed E-state index contributed by atoms with van der Waals surface area (Å²) in [5, 5.41) is 9.71. The van der Waals surface area contributed by atoms with Crippen LogP contribution in [-0.4, -0.2) is 11.5 Å². The lowest BCUT2D eigenvalue weighted by atomic mass is 10.5. The first-order chi connectivity index (χ1) is 5.27. The summed E-state index contributed by atoms with van der Waals surface area (Å²) >= 11 is 2.82. The van der Waals surface area contributed by atoms with E-state index < -0.39 is 4.92 Å². The van der Waals surface area contributed by atoms with Gasteiger partial charge in [-0.1, -0.05) is 0 Å². The lowest BCUT2D eigenvalue weighted by molar-refractivity contribution is -0.466. The molecule has 0 N–H and O–H groups in total.